The Labute approximate surface area is 95.4 Å². The van der Waals surface area contributed by atoms with E-state index < -0.39 is 0 Å². The predicted molar refractivity (Wildman–Crippen MR) is 61.9 cm³/mol. The van der Waals surface area contributed by atoms with Crippen LogP contribution in [0, 0.1) is 0 Å². The van der Waals surface area contributed by atoms with Crippen molar-refractivity contribution >= 4 is 5.78 Å². The molecule has 16 heavy (non-hydrogen) atoms. The molecule has 1 aliphatic heterocycles. The van der Waals surface area contributed by atoms with Gasteiger partial charge in [-0.1, -0.05) is 5.73 Å². The Kier molecular flexibility index (Phi) is 3.40. The lowest BCUT2D eigenvalue weighted by atomic mass is 10.1. The predicted octanol–water partition coefficient (Wildman–Crippen LogP) is 1.44. The summed E-state index contributed by atoms with van der Waals surface area (Å²) < 4.78 is 5.30. The monoisotopic (exact) mass is 217 g/mol. The number of carbonyl (C=O) groups excluding carboxylic acids is 1. The molecule has 0 N–H and O–H groups in total. The highest BCUT2D eigenvalue weighted by Crippen LogP contribution is 2.12. The van der Waals surface area contributed by atoms with Gasteiger partial charge in [-0.2, -0.15) is 0 Å². The SMILES string of the molecule is CC(=O)C1=CC=C=C(N2CCOCC2)C=C1. The van der Waals surface area contributed by atoms with Gasteiger partial charge in [-0.05, 0) is 31.2 Å². The molecule has 0 aromatic carbocycles. The Hall–Kier alpha value is -1.57. The topological polar surface area (TPSA) is 29.5 Å². The van der Waals surface area contributed by atoms with Crippen molar-refractivity contribution in [1.29, 1.82) is 0 Å². The number of morpholine rings is 1. The molecule has 0 unspecified atom stereocenters. The lowest BCUT2D eigenvalue weighted by molar-refractivity contribution is -0.113. The van der Waals surface area contributed by atoms with Crippen molar-refractivity contribution in [1.82, 2.24) is 4.90 Å². The molecular formula is C13H15NO2. The van der Waals surface area contributed by atoms with E-state index in [4.69, 9.17) is 4.74 Å². The number of hydrogen-bond donors (Lipinski definition) is 0. The summed E-state index contributed by atoms with van der Waals surface area (Å²) in [6.07, 6.45) is 7.40. The van der Waals surface area contributed by atoms with E-state index in [2.05, 4.69) is 10.6 Å². The Morgan fingerprint density at radius 1 is 1.38 bits per heavy atom. The quantitative estimate of drug-likeness (QED) is 0.655. The molecule has 0 atom stereocenters. The average Bonchev–Trinajstić information content (AvgIpc) is 2.55. The Balaban J connectivity index is 2.12. The third-order valence-electron chi connectivity index (χ3n) is 2.67. The number of rotatable bonds is 2. The molecule has 1 saturated heterocycles. The van der Waals surface area contributed by atoms with Gasteiger partial charge in [0, 0.05) is 18.7 Å². The summed E-state index contributed by atoms with van der Waals surface area (Å²) in [6, 6.07) is 0. The van der Waals surface area contributed by atoms with E-state index in [-0.39, 0.29) is 5.78 Å². The van der Waals surface area contributed by atoms with Gasteiger partial charge in [0.25, 0.3) is 0 Å². The number of ether oxygens (including phenoxy) is 1. The van der Waals surface area contributed by atoms with Crippen LogP contribution in [0.3, 0.4) is 0 Å². The maximum atomic E-state index is 11.2. The summed E-state index contributed by atoms with van der Waals surface area (Å²) >= 11 is 0. The van der Waals surface area contributed by atoms with Gasteiger partial charge in [-0.25, -0.2) is 0 Å². The number of hydrogen-bond acceptors (Lipinski definition) is 3. The van der Waals surface area contributed by atoms with Crippen molar-refractivity contribution in [3.05, 3.63) is 41.3 Å². The van der Waals surface area contributed by atoms with Crippen LogP contribution >= 0.6 is 0 Å². The number of nitrogens with zero attached hydrogens (tertiary/aromatic N) is 1. The van der Waals surface area contributed by atoms with Gasteiger partial charge in [0.05, 0.1) is 18.9 Å². The first-order valence-corrected chi connectivity index (χ1v) is 5.46. The average molecular weight is 217 g/mol. The first-order chi connectivity index (χ1) is 7.77. The van der Waals surface area contributed by atoms with Crippen LogP contribution < -0.4 is 0 Å². The first-order valence-electron chi connectivity index (χ1n) is 5.46. The van der Waals surface area contributed by atoms with Gasteiger partial charge in [0.2, 0.25) is 0 Å². The van der Waals surface area contributed by atoms with Crippen LogP contribution in [0.5, 0.6) is 0 Å². The molecule has 2 rings (SSSR count). The summed E-state index contributed by atoms with van der Waals surface area (Å²) in [7, 11) is 0. The second-order valence-corrected chi connectivity index (χ2v) is 3.81. The van der Waals surface area contributed by atoms with Crippen LogP contribution in [0.25, 0.3) is 0 Å². The molecule has 0 amide bonds. The van der Waals surface area contributed by atoms with Gasteiger partial charge in [-0.3, -0.25) is 4.79 Å². The fourth-order valence-electron chi connectivity index (χ4n) is 1.72. The third kappa shape index (κ3) is 2.51. The van der Waals surface area contributed by atoms with Gasteiger partial charge >= 0.3 is 0 Å². The summed E-state index contributed by atoms with van der Waals surface area (Å²) in [5, 5.41) is 0. The molecule has 0 radical (unpaired) electrons. The maximum Gasteiger partial charge on any atom is 0.159 e. The fraction of sp³-hybridized carbons (Fsp3) is 0.385. The molecule has 1 aliphatic carbocycles. The van der Waals surface area contributed by atoms with E-state index in [9.17, 15) is 4.79 Å². The van der Waals surface area contributed by atoms with Crippen LogP contribution in [0.4, 0.5) is 0 Å². The largest absolute Gasteiger partial charge is 0.378 e. The van der Waals surface area contributed by atoms with Crippen LogP contribution in [0.15, 0.2) is 41.3 Å². The van der Waals surface area contributed by atoms with Crippen LogP contribution in [-0.2, 0) is 9.53 Å². The highest BCUT2D eigenvalue weighted by Gasteiger charge is 2.12. The van der Waals surface area contributed by atoms with E-state index in [1.807, 2.05) is 18.2 Å². The summed E-state index contributed by atoms with van der Waals surface area (Å²) in [5.41, 5.74) is 4.92. The van der Waals surface area contributed by atoms with Crippen molar-refractivity contribution < 1.29 is 9.53 Å². The maximum absolute atomic E-state index is 11.2. The van der Waals surface area contributed by atoms with Gasteiger partial charge in [0.15, 0.2) is 5.78 Å². The minimum absolute atomic E-state index is 0.0810. The van der Waals surface area contributed by atoms with Gasteiger partial charge in [0.1, 0.15) is 0 Å². The van der Waals surface area contributed by atoms with E-state index in [1.54, 1.807) is 13.0 Å². The van der Waals surface area contributed by atoms with Crippen LogP contribution in [0.1, 0.15) is 6.92 Å². The zero-order valence-corrected chi connectivity index (χ0v) is 9.40. The Morgan fingerprint density at radius 2 is 2.12 bits per heavy atom. The molecular weight excluding hydrogens is 202 g/mol. The van der Waals surface area contributed by atoms with E-state index in [0.29, 0.717) is 0 Å². The second kappa shape index (κ2) is 4.97. The molecule has 1 fully saturated rings. The van der Waals surface area contributed by atoms with Crippen molar-refractivity contribution in [3.63, 3.8) is 0 Å². The minimum atomic E-state index is 0.0810. The fourth-order valence-corrected chi connectivity index (χ4v) is 1.72. The summed E-state index contributed by atoms with van der Waals surface area (Å²) in [4.78, 5) is 13.4. The Bertz CT molecular complexity index is 406. The zero-order valence-electron chi connectivity index (χ0n) is 9.40. The van der Waals surface area contributed by atoms with E-state index in [1.165, 1.54) is 0 Å². The van der Waals surface area contributed by atoms with Crippen molar-refractivity contribution in [3.8, 4) is 0 Å². The highest BCUT2D eigenvalue weighted by molar-refractivity contribution is 5.96. The molecule has 0 saturated carbocycles. The molecule has 0 spiro atoms. The number of carbonyl (C=O) groups is 1. The smallest absolute Gasteiger partial charge is 0.159 e. The third-order valence-corrected chi connectivity index (χ3v) is 2.67. The molecule has 0 aromatic heterocycles. The number of ketones is 1. The van der Waals surface area contributed by atoms with Crippen LogP contribution in [0.2, 0.25) is 0 Å². The standard InChI is InChI=1S/C13H15NO2/c1-11(15)12-3-2-4-13(6-5-12)14-7-9-16-10-8-14/h2-3,5-6H,7-10H2,1H3. The summed E-state index contributed by atoms with van der Waals surface area (Å²) in [6.45, 7) is 4.85. The van der Waals surface area contributed by atoms with E-state index >= 15 is 0 Å². The molecule has 1 heterocycles. The number of Topliss-reactive ketones (excluding diaryl/α,β-unsaturated/α-hetero) is 1. The number of allylic oxidation sites excluding steroid dienone is 4. The molecule has 0 aromatic rings. The lowest BCUT2D eigenvalue weighted by Crippen LogP contribution is -2.34. The minimum Gasteiger partial charge on any atom is -0.378 e. The van der Waals surface area contributed by atoms with Crippen molar-refractivity contribution in [2.75, 3.05) is 26.3 Å². The second-order valence-electron chi connectivity index (χ2n) is 3.81. The normalized spacial score (nSPS) is 20.2. The molecule has 3 nitrogen and oxygen atoms in total. The van der Waals surface area contributed by atoms with Gasteiger partial charge < -0.3 is 9.64 Å². The molecule has 84 valence electrons. The van der Waals surface area contributed by atoms with Crippen molar-refractivity contribution in [2.45, 2.75) is 6.92 Å². The van der Waals surface area contributed by atoms with Crippen LogP contribution in [-0.4, -0.2) is 37.0 Å². The lowest BCUT2D eigenvalue weighted by Gasteiger charge is -2.28. The van der Waals surface area contributed by atoms with E-state index in [0.717, 1.165) is 37.6 Å². The Morgan fingerprint density at radius 3 is 2.81 bits per heavy atom. The molecule has 2 aliphatic rings. The van der Waals surface area contributed by atoms with Gasteiger partial charge in [-0.15, -0.1) is 0 Å². The summed E-state index contributed by atoms with van der Waals surface area (Å²) in [5.74, 6) is 0.0810. The molecule has 3 heteroatoms. The molecule has 0 bridgehead atoms. The van der Waals surface area contributed by atoms with Crippen molar-refractivity contribution in [2.24, 2.45) is 0 Å². The highest BCUT2D eigenvalue weighted by atomic mass is 16.5. The zero-order chi connectivity index (χ0) is 11.4. The first kappa shape index (κ1) is 10.9.